The highest BCUT2D eigenvalue weighted by Crippen LogP contribution is 2.24. The van der Waals surface area contributed by atoms with Crippen LogP contribution in [0, 0.1) is 0 Å². The summed E-state index contributed by atoms with van der Waals surface area (Å²) in [4.78, 5) is 0. The van der Waals surface area contributed by atoms with Crippen molar-refractivity contribution in [2.75, 3.05) is 20.3 Å². The van der Waals surface area contributed by atoms with E-state index in [1.807, 2.05) is 0 Å². The van der Waals surface area contributed by atoms with Crippen LogP contribution in [-0.4, -0.2) is 26.4 Å². The molecule has 1 rings (SSSR count). The van der Waals surface area contributed by atoms with E-state index in [0.717, 1.165) is 12.8 Å². The minimum Gasteiger partial charge on any atom is -0.382 e. The Balaban J connectivity index is 2.16. The van der Waals surface area contributed by atoms with E-state index in [4.69, 9.17) is 9.47 Å². The maximum atomic E-state index is 5.61. The molecule has 70 valence electrons. The summed E-state index contributed by atoms with van der Waals surface area (Å²) in [6.45, 7) is 5.39. The van der Waals surface area contributed by atoms with Crippen LogP contribution in [-0.2, 0) is 9.47 Å². The normalized spacial score (nSPS) is 24.4. The number of hydrogen-bond acceptors (Lipinski definition) is 2. The second-order valence-electron chi connectivity index (χ2n) is 3.26. The molecule has 0 heterocycles. The molecule has 0 radical (unpaired) electrons. The summed E-state index contributed by atoms with van der Waals surface area (Å²) >= 11 is 0. The maximum absolute atomic E-state index is 5.61. The molecule has 0 spiro atoms. The second-order valence-corrected chi connectivity index (χ2v) is 3.26. The summed E-state index contributed by atoms with van der Waals surface area (Å²) < 4.78 is 10.5. The fourth-order valence-corrected chi connectivity index (χ4v) is 1.52. The van der Waals surface area contributed by atoms with Gasteiger partial charge in [-0.05, 0) is 24.8 Å². The average molecular weight is 170 g/mol. The van der Waals surface area contributed by atoms with Gasteiger partial charge in [-0.1, -0.05) is 13.0 Å². The molecule has 2 nitrogen and oxygen atoms in total. The van der Waals surface area contributed by atoms with Gasteiger partial charge in [-0.2, -0.15) is 0 Å². The Morgan fingerprint density at radius 3 is 2.92 bits per heavy atom. The topological polar surface area (TPSA) is 18.5 Å². The molecule has 0 saturated heterocycles. The van der Waals surface area contributed by atoms with E-state index in [1.54, 1.807) is 7.11 Å². The van der Waals surface area contributed by atoms with Crippen LogP contribution in [0.4, 0.5) is 0 Å². The lowest BCUT2D eigenvalue weighted by molar-refractivity contribution is 0.0238. The van der Waals surface area contributed by atoms with Crippen molar-refractivity contribution in [3.63, 3.8) is 0 Å². The fraction of sp³-hybridized carbons (Fsp3) is 0.800. The molecule has 1 fully saturated rings. The lowest BCUT2D eigenvalue weighted by atomic mass is 9.93. The smallest absolute Gasteiger partial charge is 0.0783 e. The van der Waals surface area contributed by atoms with Crippen molar-refractivity contribution in [1.82, 2.24) is 0 Å². The van der Waals surface area contributed by atoms with E-state index >= 15 is 0 Å². The van der Waals surface area contributed by atoms with Gasteiger partial charge in [-0.15, -0.1) is 0 Å². The zero-order chi connectivity index (χ0) is 8.81. The van der Waals surface area contributed by atoms with Gasteiger partial charge in [0.25, 0.3) is 0 Å². The monoisotopic (exact) mass is 170 g/mol. The zero-order valence-electron chi connectivity index (χ0n) is 7.84. The van der Waals surface area contributed by atoms with Gasteiger partial charge in [-0.25, -0.2) is 0 Å². The van der Waals surface area contributed by atoms with Crippen molar-refractivity contribution in [3.8, 4) is 0 Å². The predicted octanol–water partition coefficient (Wildman–Crippen LogP) is 2.15. The molecule has 0 aromatic heterocycles. The summed E-state index contributed by atoms with van der Waals surface area (Å²) in [7, 11) is 1.69. The van der Waals surface area contributed by atoms with Crippen LogP contribution in [0.15, 0.2) is 12.2 Å². The minimum atomic E-state index is 0.300. The van der Waals surface area contributed by atoms with Gasteiger partial charge in [0.1, 0.15) is 0 Å². The molecular formula is C10H18O2. The molecule has 1 atom stereocenters. The van der Waals surface area contributed by atoms with Gasteiger partial charge in [0.05, 0.1) is 19.3 Å². The van der Waals surface area contributed by atoms with E-state index in [0.29, 0.717) is 19.3 Å². The molecule has 0 aromatic rings. The quantitative estimate of drug-likeness (QED) is 0.475. The minimum absolute atomic E-state index is 0.300. The first-order chi connectivity index (χ1) is 5.84. The van der Waals surface area contributed by atoms with Crippen LogP contribution in [0.3, 0.4) is 0 Å². The Morgan fingerprint density at radius 2 is 2.25 bits per heavy atom. The van der Waals surface area contributed by atoms with Crippen molar-refractivity contribution < 1.29 is 9.47 Å². The highest BCUT2D eigenvalue weighted by Gasteiger charge is 2.16. The summed E-state index contributed by atoms with van der Waals surface area (Å²) in [5.41, 5.74) is 1.26. The van der Waals surface area contributed by atoms with Crippen molar-refractivity contribution in [1.29, 1.82) is 0 Å². The Hall–Kier alpha value is -0.340. The average Bonchev–Trinajstić information content (AvgIpc) is 2.09. The number of rotatable bonds is 4. The third kappa shape index (κ3) is 2.95. The fourth-order valence-electron chi connectivity index (χ4n) is 1.52. The maximum Gasteiger partial charge on any atom is 0.0783 e. The Bertz CT molecular complexity index is 143. The van der Waals surface area contributed by atoms with Crippen LogP contribution in [0.1, 0.15) is 25.7 Å². The summed E-state index contributed by atoms with van der Waals surface area (Å²) in [5.74, 6) is 0. The van der Waals surface area contributed by atoms with E-state index < -0.39 is 0 Å². The van der Waals surface area contributed by atoms with Gasteiger partial charge in [0.15, 0.2) is 0 Å². The second kappa shape index (κ2) is 5.33. The molecule has 2 heteroatoms. The van der Waals surface area contributed by atoms with Gasteiger partial charge >= 0.3 is 0 Å². The predicted molar refractivity (Wildman–Crippen MR) is 49.2 cm³/mol. The van der Waals surface area contributed by atoms with Crippen LogP contribution >= 0.6 is 0 Å². The lowest BCUT2D eigenvalue weighted by Crippen LogP contribution is -2.21. The molecule has 0 aliphatic heterocycles. The Labute approximate surface area is 74.6 Å². The largest absolute Gasteiger partial charge is 0.382 e. The Kier molecular flexibility index (Phi) is 4.33. The van der Waals surface area contributed by atoms with Crippen molar-refractivity contribution in [3.05, 3.63) is 12.2 Å². The first-order valence-corrected chi connectivity index (χ1v) is 4.63. The molecular weight excluding hydrogens is 152 g/mol. The molecule has 1 unspecified atom stereocenters. The van der Waals surface area contributed by atoms with Crippen molar-refractivity contribution in [2.24, 2.45) is 0 Å². The third-order valence-corrected chi connectivity index (χ3v) is 2.28. The molecule has 1 aliphatic carbocycles. The molecule has 1 aliphatic rings. The first-order valence-electron chi connectivity index (χ1n) is 4.63. The van der Waals surface area contributed by atoms with E-state index in [9.17, 15) is 0 Å². The molecule has 1 saturated carbocycles. The van der Waals surface area contributed by atoms with Gasteiger partial charge in [-0.3, -0.25) is 0 Å². The number of methoxy groups -OCH3 is 1. The van der Waals surface area contributed by atoms with E-state index in [-0.39, 0.29) is 0 Å². The van der Waals surface area contributed by atoms with Crippen LogP contribution in [0.5, 0.6) is 0 Å². The molecule has 0 aromatic carbocycles. The van der Waals surface area contributed by atoms with Crippen LogP contribution < -0.4 is 0 Å². The highest BCUT2D eigenvalue weighted by molar-refractivity contribution is 5.04. The van der Waals surface area contributed by atoms with Crippen molar-refractivity contribution in [2.45, 2.75) is 31.8 Å². The summed E-state index contributed by atoms with van der Waals surface area (Å²) in [5, 5.41) is 0. The molecule has 12 heavy (non-hydrogen) atoms. The van der Waals surface area contributed by atoms with Crippen LogP contribution in [0.25, 0.3) is 0 Å². The standard InChI is InChI=1S/C10H18O2/c1-9-5-3-4-6-10(9)12-8-7-11-2/h10H,1,3-8H2,2H3. The van der Waals surface area contributed by atoms with E-state index in [1.165, 1.54) is 18.4 Å². The molecule has 0 N–H and O–H groups in total. The SMILES string of the molecule is C=C1CCCCC1OCCOC. The number of ether oxygens (including phenoxy) is 2. The van der Waals surface area contributed by atoms with Crippen LogP contribution in [0.2, 0.25) is 0 Å². The molecule has 0 amide bonds. The van der Waals surface area contributed by atoms with Crippen molar-refractivity contribution >= 4 is 0 Å². The zero-order valence-corrected chi connectivity index (χ0v) is 7.84. The Morgan fingerprint density at radius 1 is 1.42 bits per heavy atom. The lowest BCUT2D eigenvalue weighted by Gasteiger charge is -2.24. The third-order valence-electron chi connectivity index (χ3n) is 2.28. The molecule has 0 bridgehead atoms. The number of hydrogen-bond donors (Lipinski definition) is 0. The first kappa shape index (κ1) is 9.75. The summed E-state index contributed by atoms with van der Waals surface area (Å²) in [6, 6.07) is 0. The van der Waals surface area contributed by atoms with Gasteiger partial charge in [0.2, 0.25) is 0 Å². The summed E-state index contributed by atoms with van der Waals surface area (Å²) in [6.07, 6.45) is 5.13. The highest BCUT2D eigenvalue weighted by atomic mass is 16.5. The van der Waals surface area contributed by atoms with E-state index in [2.05, 4.69) is 6.58 Å². The van der Waals surface area contributed by atoms with Gasteiger partial charge in [0, 0.05) is 7.11 Å². The van der Waals surface area contributed by atoms with Gasteiger partial charge < -0.3 is 9.47 Å².